The molecule has 0 aromatic heterocycles. The summed E-state index contributed by atoms with van der Waals surface area (Å²) in [5, 5.41) is 2.18. The molecular weight excluding hydrogens is 240 g/mol. The van der Waals surface area contributed by atoms with Crippen LogP contribution in [-0.4, -0.2) is 0 Å². The highest BCUT2D eigenvalue weighted by Gasteiger charge is 2.02. The summed E-state index contributed by atoms with van der Waals surface area (Å²) in [6.07, 6.45) is 5.59. The van der Waals surface area contributed by atoms with Crippen LogP contribution in [0, 0.1) is 24.2 Å². The van der Waals surface area contributed by atoms with Crippen LogP contribution in [0.3, 0.4) is 0 Å². The molecule has 3 aromatic carbocycles. The van der Waals surface area contributed by atoms with Gasteiger partial charge < -0.3 is 0 Å². The summed E-state index contributed by atoms with van der Waals surface area (Å²) in [4.78, 5) is 0. The summed E-state index contributed by atoms with van der Waals surface area (Å²) in [6.45, 7) is 0. The SMILES string of the molecule is C#Cc1cccc2cccc(C#Cc3ccccc3)c12. The van der Waals surface area contributed by atoms with Crippen LogP contribution in [0.15, 0.2) is 66.7 Å². The fraction of sp³-hybridized carbons (Fsp3) is 0. The van der Waals surface area contributed by atoms with Gasteiger partial charge in [0.25, 0.3) is 0 Å². The summed E-state index contributed by atoms with van der Waals surface area (Å²) in [5.74, 6) is 9.16. The lowest BCUT2D eigenvalue weighted by Gasteiger charge is -2.03. The molecule has 0 saturated heterocycles. The minimum Gasteiger partial charge on any atom is -0.115 e. The second-order valence-corrected chi connectivity index (χ2v) is 4.47. The first-order valence-corrected chi connectivity index (χ1v) is 6.44. The molecule has 20 heavy (non-hydrogen) atoms. The zero-order valence-corrected chi connectivity index (χ0v) is 10.9. The Morgan fingerprint density at radius 2 is 1.35 bits per heavy atom. The molecule has 0 aliphatic heterocycles. The van der Waals surface area contributed by atoms with Crippen LogP contribution in [0.2, 0.25) is 0 Å². The number of hydrogen-bond acceptors (Lipinski definition) is 0. The first-order chi connectivity index (χ1) is 9.88. The molecule has 3 rings (SSSR count). The van der Waals surface area contributed by atoms with Crippen LogP contribution in [0.1, 0.15) is 16.7 Å². The number of rotatable bonds is 0. The van der Waals surface area contributed by atoms with Gasteiger partial charge in [0, 0.05) is 22.1 Å². The van der Waals surface area contributed by atoms with E-state index in [1.807, 2.05) is 54.6 Å². The van der Waals surface area contributed by atoms with Crippen LogP contribution in [0.25, 0.3) is 10.8 Å². The summed E-state index contributed by atoms with van der Waals surface area (Å²) >= 11 is 0. The molecule has 3 aromatic rings. The summed E-state index contributed by atoms with van der Waals surface area (Å²) < 4.78 is 0. The van der Waals surface area contributed by atoms with E-state index in [0.717, 1.165) is 27.5 Å². The highest BCUT2D eigenvalue weighted by molar-refractivity contribution is 5.93. The second-order valence-electron chi connectivity index (χ2n) is 4.47. The first-order valence-electron chi connectivity index (χ1n) is 6.44. The van der Waals surface area contributed by atoms with Gasteiger partial charge in [0.15, 0.2) is 0 Å². The molecule has 0 heteroatoms. The van der Waals surface area contributed by atoms with Crippen LogP contribution < -0.4 is 0 Å². The van der Waals surface area contributed by atoms with Crippen molar-refractivity contribution in [1.29, 1.82) is 0 Å². The second kappa shape index (κ2) is 5.35. The van der Waals surface area contributed by atoms with E-state index in [2.05, 4.69) is 29.9 Å². The molecule has 0 spiro atoms. The van der Waals surface area contributed by atoms with Crippen LogP contribution in [0.4, 0.5) is 0 Å². The normalized spacial score (nSPS) is 9.55. The van der Waals surface area contributed by atoms with Crippen molar-refractivity contribution in [3.05, 3.63) is 83.4 Å². The third-order valence-electron chi connectivity index (χ3n) is 3.18. The van der Waals surface area contributed by atoms with Crippen LogP contribution >= 0.6 is 0 Å². The molecule has 0 unspecified atom stereocenters. The maximum absolute atomic E-state index is 5.59. The van der Waals surface area contributed by atoms with E-state index in [1.165, 1.54) is 0 Å². The van der Waals surface area contributed by atoms with Crippen molar-refractivity contribution in [2.75, 3.05) is 0 Å². The fourth-order valence-corrected chi connectivity index (χ4v) is 2.23. The maximum atomic E-state index is 5.59. The van der Waals surface area contributed by atoms with Gasteiger partial charge in [0.1, 0.15) is 0 Å². The van der Waals surface area contributed by atoms with E-state index in [0.29, 0.717) is 0 Å². The van der Waals surface area contributed by atoms with Crippen molar-refractivity contribution in [2.24, 2.45) is 0 Å². The molecule has 0 fully saturated rings. The van der Waals surface area contributed by atoms with Crippen molar-refractivity contribution in [1.82, 2.24) is 0 Å². The van der Waals surface area contributed by atoms with Gasteiger partial charge in [-0.3, -0.25) is 0 Å². The summed E-state index contributed by atoms with van der Waals surface area (Å²) in [5.41, 5.74) is 2.86. The van der Waals surface area contributed by atoms with Crippen molar-refractivity contribution >= 4 is 10.8 Å². The molecule has 0 aliphatic rings. The Kier molecular flexibility index (Phi) is 3.24. The van der Waals surface area contributed by atoms with Gasteiger partial charge in [-0.25, -0.2) is 0 Å². The molecule has 0 aliphatic carbocycles. The lowest BCUT2D eigenvalue weighted by molar-refractivity contribution is 1.64. The Balaban J connectivity index is 2.19. The monoisotopic (exact) mass is 252 g/mol. The summed E-state index contributed by atoms with van der Waals surface area (Å²) in [7, 11) is 0. The average molecular weight is 252 g/mol. The molecule has 0 heterocycles. The van der Waals surface area contributed by atoms with E-state index < -0.39 is 0 Å². The highest BCUT2D eigenvalue weighted by Crippen LogP contribution is 2.22. The zero-order valence-electron chi connectivity index (χ0n) is 10.9. The first kappa shape index (κ1) is 12.1. The highest BCUT2D eigenvalue weighted by atomic mass is 14.0. The molecule has 0 radical (unpaired) electrons. The van der Waals surface area contributed by atoms with Gasteiger partial charge in [-0.1, -0.05) is 60.2 Å². The van der Waals surface area contributed by atoms with E-state index in [9.17, 15) is 0 Å². The van der Waals surface area contributed by atoms with Crippen molar-refractivity contribution in [2.45, 2.75) is 0 Å². The third-order valence-corrected chi connectivity index (χ3v) is 3.18. The van der Waals surface area contributed by atoms with Gasteiger partial charge in [-0.2, -0.15) is 0 Å². The quantitative estimate of drug-likeness (QED) is 0.525. The lowest BCUT2D eigenvalue weighted by Crippen LogP contribution is -1.85. The lowest BCUT2D eigenvalue weighted by atomic mass is 9.99. The van der Waals surface area contributed by atoms with Gasteiger partial charge in [-0.05, 0) is 29.7 Å². The van der Waals surface area contributed by atoms with Gasteiger partial charge in [0.2, 0.25) is 0 Å². The predicted molar refractivity (Wildman–Crippen MR) is 84.3 cm³/mol. The standard InChI is InChI=1S/C20H12/c1-2-17-10-6-11-18-12-7-13-19(20(17)18)15-14-16-8-4-3-5-9-16/h1,3-13H. The molecule has 0 N–H and O–H groups in total. The Morgan fingerprint density at radius 3 is 2.05 bits per heavy atom. The maximum Gasteiger partial charge on any atom is 0.0340 e. The minimum atomic E-state index is 0.889. The molecule has 0 bridgehead atoms. The average Bonchev–Trinajstić information content (AvgIpc) is 2.53. The number of hydrogen-bond donors (Lipinski definition) is 0. The Bertz CT molecular complexity index is 848. The van der Waals surface area contributed by atoms with E-state index in [-0.39, 0.29) is 0 Å². The van der Waals surface area contributed by atoms with E-state index in [1.54, 1.807) is 0 Å². The predicted octanol–water partition coefficient (Wildman–Crippen LogP) is 4.22. The number of benzene rings is 3. The molecule has 0 atom stereocenters. The van der Waals surface area contributed by atoms with Crippen LogP contribution in [-0.2, 0) is 0 Å². The fourth-order valence-electron chi connectivity index (χ4n) is 2.23. The topological polar surface area (TPSA) is 0 Å². The molecule has 92 valence electrons. The van der Waals surface area contributed by atoms with E-state index >= 15 is 0 Å². The Hall–Kier alpha value is -2.96. The van der Waals surface area contributed by atoms with Crippen molar-refractivity contribution < 1.29 is 0 Å². The largest absolute Gasteiger partial charge is 0.115 e. The Labute approximate surface area is 119 Å². The van der Waals surface area contributed by atoms with Gasteiger partial charge in [-0.15, -0.1) is 6.42 Å². The van der Waals surface area contributed by atoms with E-state index in [4.69, 9.17) is 6.42 Å². The number of terminal acetylenes is 1. The zero-order chi connectivity index (χ0) is 13.8. The number of fused-ring (bicyclic) bond motifs is 1. The van der Waals surface area contributed by atoms with Crippen molar-refractivity contribution in [3.63, 3.8) is 0 Å². The van der Waals surface area contributed by atoms with Crippen molar-refractivity contribution in [3.8, 4) is 24.2 Å². The molecule has 0 saturated carbocycles. The molecule has 0 nitrogen and oxygen atoms in total. The van der Waals surface area contributed by atoms with Gasteiger partial charge >= 0.3 is 0 Å². The Morgan fingerprint density at radius 1 is 0.650 bits per heavy atom. The van der Waals surface area contributed by atoms with Crippen LogP contribution in [0.5, 0.6) is 0 Å². The molecular formula is C20H12. The summed E-state index contributed by atoms with van der Waals surface area (Å²) in [6, 6.07) is 22.0. The smallest absolute Gasteiger partial charge is 0.0340 e. The minimum absolute atomic E-state index is 0.889. The van der Waals surface area contributed by atoms with Gasteiger partial charge in [0.05, 0.1) is 0 Å². The molecule has 0 amide bonds. The third kappa shape index (κ3) is 2.28.